The average molecular weight is 208 g/mol. The summed E-state index contributed by atoms with van der Waals surface area (Å²) < 4.78 is 0. The van der Waals surface area contributed by atoms with E-state index in [1.807, 2.05) is 18.0 Å². The monoisotopic (exact) mass is 208 g/mol. The van der Waals surface area contributed by atoms with Crippen LogP contribution in [0.25, 0.3) is 0 Å². The van der Waals surface area contributed by atoms with Gasteiger partial charge in [-0.15, -0.1) is 0 Å². The van der Waals surface area contributed by atoms with Gasteiger partial charge in [-0.3, -0.25) is 0 Å². The third-order valence-electron chi connectivity index (χ3n) is 2.19. The maximum Gasteiger partial charge on any atom is 0.354 e. The predicted octanol–water partition coefficient (Wildman–Crippen LogP) is 2.02. The topological polar surface area (TPSA) is 53.4 Å². The molecule has 1 rings (SSSR count). The SMILES string of the molecule is CCCCN(C)c1cccc(C(=O)O)n1. The lowest BCUT2D eigenvalue weighted by molar-refractivity contribution is 0.0690. The first-order valence-corrected chi connectivity index (χ1v) is 5.06. The molecule has 0 atom stereocenters. The third kappa shape index (κ3) is 3.23. The highest BCUT2D eigenvalue weighted by Crippen LogP contribution is 2.10. The molecular formula is C11H16N2O2. The minimum absolute atomic E-state index is 0.0934. The molecule has 82 valence electrons. The molecule has 0 aliphatic carbocycles. The summed E-state index contributed by atoms with van der Waals surface area (Å²) in [7, 11) is 1.92. The van der Waals surface area contributed by atoms with Crippen LogP contribution in [-0.2, 0) is 0 Å². The van der Waals surface area contributed by atoms with Gasteiger partial charge in [-0.2, -0.15) is 0 Å². The molecule has 0 saturated carbocycles. The first kappa shape index (κ1) is 11.5. The van der Waals surface area contributed by atoms with Gasteiger partial charge in [0.05, 0.1) is 0 Å². The Labute approximate surface area is 89.6 Å². The highest BCUT2D eigenvalue weighted by Gasteiger charge is 2.07. The maximum atomic E-state index is 10.7. The smallest absolute Gasteiger partial charge is 0.354 e. The Morgan fingerprint density at radius 2 is 2.27 bits per heavy atom. The van der Waals surface area contributed by atoms with E-state index in [-0.39, 0.29) is 5.69 Å². The van der Waals surface area contributed by atoms with Crippen molar-refractivity contribution in [2.75, 3.05) is 18.5 Å². The molecule has 1 N–H and O–H groups in total. The van der Waals surface area contributed by atoms with Crippen molar-refractivity contribution >= 4 is 11.8 Å². The molecule has 0 saturated heterocycles. The molecule has 0 bridgehead atoms. The zero-order chi connectivity index (χ0) is 11.3. The lowest BCUT2D eigenvalue weighted by Crippen LogP contribution is -2.20. The van der Waals surface area contributed by atoms with Crippen molar-refractivity contribution in [2.45, 2.75) is 19.8 Å². The second-order valence-corrected chi connectivity index (χ2v) is 3.46. The molecule has 0 fully saturated rings. The Morgan fingerprint density at radius 1 is 1.53 bits per heavy atom. The van der Waals surface area contributed by atoms with Crippen LogP contribution in [-0.4, -0.2) is 29.7 Å². The van der Waals surface area contributed by atoms with E-state index in [0.717, 1.165) is 19.4 Å². The van der Waals surface area contributed by atoms with E-state index in [0.29, 0.717) is 5.82 Å². The zero-order valence-corrected chi connectivity index (χ0v) is 9.10. The summed E-state index contributed by atoms with van der Waals surface area (Å²) in [6.45, 7) is 3.02. The van der Waals surface area contributed by atoms with E-state index in [1.165, 1.54) is 6.07 Å². The van der Waals surface area contributed by atoms with Gasteiger partial charge in [0.25, 0.3) is 0 Å². The summed E-state index contributed by atoms with van der Waals surface area (Å²) >= 11 is 0. The summed E-state index contributed by atoms with van der Waals surface area (Å²) in [5, 5.41) is 8.79. The quantitative estimate of drug-likeness (QED) is 0.804. The van der Waals surface area contributed by atoms with Gasteiger partial charge in [0.1, 0.15) is 5.82 Å². The van der Waals surface area contributed by atoms with Gasteiger partial charge >= 0.3 is 5.97 Å². The molecule has 1 aromatic heterocycles. The fraction of sp³-hybridized carbons (Fsp3) is 0.455. The molecule has 4 nitrogen and oxygen atoms in total. The number of aromatic carboxylic acids is 1. The lowest BCUT2D eigenvalue weighted by Gasteiger charge is -2.17. The van der Waals surface area contributed by atoms with Crippen molar-refractivity contribution in [3.63, 3.8) is 0 Å². The van der Waals surface area contributed by atoms with E-state index in [9.17, 15) is 4.79 Å². The number of anilines is 1. The number of hydrogen-bond donors (Lipinski definition) is 1. The van der Waals surface area contributed by atoms with Crippen LogP contribution in [0.15, 0.2) is 18.2 Å². The van der Waals surface area contributed by atoms with E-state index in [4.69, 9.17) is 5.11 Å². The van der Waals surface area contributed by atoms with Gasteiger partial charge in [-0.05, 0) is 18.6 Å². The Balaban J connectivity index is 2.76. The number of pyridine rings is 1. The van der Waals surface area contributed by atoms with E-state index < -0.39 is 5.97 Å². The number of nitrogens with zero attached hydrogens (tertiary/aromatic N) is 2. The molecule has 1 aromatic rings. The highest BCUT2D eigenvalue weighted by atomic mass is 16.4. The van der Waals surface area contributed by atoms with Crippen LogP contribution in [0, 0.1) is 0 Å². The zero-order valence-electron chi connectivity index (χ0n) is 9.10. The van der Waals surface area contributed by atoms with Crippen molar-refractivity contribution in [3.05, 3.63) is 23.9 Å². The number of aromatic nitrogens is 1. The van der Waals surface area contributed by atoms with E-state index in [1.54, 1.807) is 6.07 Å². The van der Waals surface area contributed by atoms with Crippen molar-refractivity contribution in [2.24, 2.45) is 0 Å². The Hall–Kier alpha value is -1.58. The van der Waals surface area contributed by atoms with E-state index >= 15 is 0 Å². The predicted molar refractivity (Wildman–Crippen MR) is 59.4 cm³/mol. The first-order chi connectivity index (χ1) is 7.15. The molecule has 4 heteroatoms. The van der Waals surface area contributed by atoms with Crippen LogP contribution in [0.5, 0.6) is 0 Å². The Kier molecular flexibility index (Phi) is 4.09. The molecule has 15 heavy (non-hydrogen) atoms. The number of carbonyl (C=O) groups is 1. The molecule has 0 amide bonds. The van der Waals surface area contributed by atoms with Crippen LogP contribution in [0.1, 0.15) is 30.3 Å². The largest absolute Gasteiger partial charge is 0.477 e. The molecule has 0 aliphatic heterocycles. The molecule has 0 aromatic carbocycles. The van der Waals surface area contributed by atoms with Gasteiger partial charge in [-0.25, -0.2) is 9.78 Å². The van der Waals surface area contributed by atoms with Crippen LogP contribution >= 0.6 is 0 Å². The second-order valence-electron chi connectivity index (χ2n) is 3.46. The van der Waals surface area contributed by atoms with Gasteiger partial charge in [0.2, 0.25) is 0 Å². The van der Waals surface area contributed by atoms with Crippen LogP contribution in [0.4, 0.5) is 5.82 Å². The molecule has 0 radical (unpaired) electrons. The summed E-state index contributed by atoms with van der Waals surface area (Å²) in [5.41, 5.74) is 0.0934. The van der Waals surface area contributed by atoms with Crippen LogP contribution < -0.4 is 4.90 Å². The van der Waals surface area contributed by atoms with Gasteiger partial charge < -0.3 is 10.0 Å². The summed E-state index contributed by atoms with van der Waals surface area (Å²) in [4.78, 5) is 16.7. The van der Waals surface area contributed by atoms with Gasteiger partial charge in [0, 0.05) is 13.6 Å². The van der Waals surface area contributed by atoms with E-state index in [2.05, 4.69) is 11.9 Å². The number of hydrogen-bond acceptors (Lipinski definition) is 3. The summed E-state index contributed by atoms with van der Waals surface area (Å²) in [5.74, 6) is -0.274. The van der Waals surface area contributed by atoms with Crippen LogP contribution in [0.3, 0.4) is 0 Å². The molecule has 0 spiro atoms. The number of carboxylic acid groups (broad SMARTS) is 1. The summed E-state index contributed by atoms with van der Waals surface area (Å²) in [6, 6.07) is 5.04. The highest BCUT2D eigenvalue weighted by molar-refractivity contribution is 5.85. The molecule has 1 heterocycles. The Morgan fingerprint density at radius 3 is 2.87 bits per heavy atom. The minimum Gasteiger partial charge on any atom is -0.477 e. The fourth-order valence-corrected chi connectivity index (χ4v) is 1.26. The number of rotatable bonds is 5. The number of carboxylic acids is 1. The van der Waals surface area contributed by atoms with Crippen molar-refractivity contribution in [3.8, 4) is 0 Å². The average Bonchev–Trinajstić information content (AvgIpc) is 2.26. The van der Waals surface area contributed by atoms with Crippen LogP contribution in [0.2, 0.25) is 0 Å². The maximum absolute atomic E-state index is 10.7. The normalized spacial score (nSPS) is 10.0. The lowest BCUT2D eigenvalue weighted by atomic mass is 10.3. The minimum atomic E-state index is -0.985. The van der Waals surface area contributed by atoms with Crippen molar-refractivity contribution < 1.29 is 9.90 Å². The third-order valence-corrected chi connectivity index (χ3v) is 2.19. The van der Waals surface area contributed by atoms with Gasteiger partial charge in [-0.1, -0.05) is 19.4 Å². The molecule has 0 unspecified atom stereocenters. The van der Waals surface area contributed by atoms with Crippen molar-refractivity contribution in [1.82, 2.24) is 4.98 Å². The Bertz CT molecular complexity index is 339. The van der Waals surface area contributed by atoms with Gasteiger partial charge in [0.15, 0.2) is 5.69 Å². The second kappa shape index (κ2) is 5.34. The number of unbranched alkanes of at least 4 members (excludes halogenated alkanes) is 1. The standard InChI is InChI=1S/C11H16N2O2/c1-3-4-8-13(2)10-7-5-6-9(12-10)11(14)15/h5-7H,3-4,8H2,1-2H3,(H,14,15). The molecule has 0 aliphatic rings. The summed E-state index contributed by atoms with van der Waals surface area (Å²) in [6.07, 6.45) is 2.19. The fourth-order valence-electron chi connectivity index (χ4n) is 1.26. The first-order valence-electron chi connectivity index (χ1n) is 5.06. The van der Waals surface area contributed by atoms with Crippen molar-refractivity contribution in [1.29, 1.82) is 0 Å². The molecular weight excluding hydrogens is 192 g/mol.